The molecule has 1 aromatic heterocycles. The van der Waals surface area contributed by atoms with Crippen LogP contribution in [0.25, 0.3) is 0 Å². The van der Waals surface area contributed by atoms with Crippen molar-refractivity contribution in [2.75, 3.05) is 57.5 Å². The molecule has 2 fully saturated rings. The van der Waals surface area contributed by atoms with Crippen LogP contribution < -0.4 is 20.7 Å². The number of carbonyl (C=O) groups is 3. The summed E-state index contributed by atoms with van der Waals surface area (Å²) in [6, 6.07) is 15.6. The summed E-state index contributed by atoms with van der Waals surface area (Å²) in [4.78, 5) is 41.3. The molecule has 10 nitrogen and oxygen atoms in total. The highest BCUT2D eigenvalue weighted by atomic mass is 19.4. The highest BCUT2D eigenvalue weighted by Crippen LogP contribution is 2.30. The van der Waals surface area contributed by atoms with Gasteiger partial charge in [-0.2, -0.15) is 13.2 Å². The number of benzene rings is 2. The van der Waals surface area contributed by atoms with E-state index in [4.69, 9.17) is 4.74 Å². The number of anilines is 2. The zero-order valence-electron chi connectivity index (χ0n) is 32.2. The summed E-state index contributed by atoms with van der Waals surface area (Å²) in [7, 11) is 3.26. The van der Waals surface area contributed by atoms with E-state index in [2.05, 4.69) is 29.5 Å². The molecule has 0 bridgehead atoms. The Labute approximate surface area is 318 Å². The van der Waals surface area contributed by atoms with Gasteiger partial charge >= 0.3 is 12.2 Å². The molecule has 1 unspecified atom stereocenters. The van der Waals surface area contributed by atoms with Crippen molar-refractivity contribution in [2.45, 2.75) is 68.5 Å². The Morgan fingerprint density at radius 2 is 1.57 bits per heavy atom. The van der Waals surface area contributed by atoms with Crippen molar-refractivity contribution < 1.29 is 36.7 Å². The Morgan fingerprint density at radius 3 is 2.06 bits per heavy atom. The van der Waals surface area contributed by atoms with Crippen molar-refractivity contribution in [3.05, 3.63) is 83.3 Å². The summed E-state index contributed by atoms with van der Waals surface area (Å²) in [5.41, 5.74) is 3.79. The summed E-state index contributed by atoms with van der Waals surface area (Å²) in [5, 5.41) is 7.19. The minimum Gasteiger partial charge on any atom is -0.497 e. The first-order valence-electron chi connectivity index (χ1n) is 17.4. The van der Waals surface area contributed by atoms with Crippen LogP contribution in [-0.4, -0.2) is 85.7 Å². The van der Waals surface area contributed by atoms with Crippen molar-refractivity contribution >= 4 is 29.4 Å². The largest absolute Gasteiger partial charge is 0.497 e. The van der Waals surface area contributed by atoms with Crippen LogP contribution in [0.2, 0.25) is 0 Å². The lowest BCUT2D eigenvalue weighted by atomic mass is 9.84. The van der Waals surface area contributed by atoms with E-state index >= 15 is 0 Å². The summed E-state index contributed by atoms with van der Waals surface area (Å²) < 4.78 is 53.4. The van der Waals surface area contributed by atoms with E-state index in [9.17, 15) is 31.9 Å². The number of rotatable bonds is 6. The van der Waals surface area contributed by atoms with Crippen molar-refractivity contribution in [1.29, 1.82) is 0 Å². The number of amides is 4. The molecule has 2 aliphatic rings. The van der Waals surface area contributed by atoms with Crippen LogP contribution in [0.5, 0.6) is 5.75 Å². The van der Waals surface area contributed by atoms with Gasteiger partial charge in [-0.15, -0.1) is 0 Å². The number of nitrogens with one attached hydrogen (secondary N) is 3. The van der Waals surface area contributed by atoms with Crippen LogP contribution in [0.1, 0.15) is 70.0 Å². The number of aryl methyl sites for hydroxylation is 2. The molecule has 0 spiro atoms. The number of likely N-dealkylation sites (tertiary alicyclic amines) is 2. The summed E-state index contributed by atoms with van der Waals surface area (Å²) in [6.45, 7) is 15.3. The summed E-state index contributed by atoms with van der Waals surface area (Å²) >= 11 is 0. The van der Waals surface area contributed by atoms with Gasteiger partial charge in [0.2, 0.25) is 5.91 Å². The predicted molar refractivity (Wildman–Crippen MR) is 207 cm³/mol. The Balaban J connectivity index is 0.000000363. The number of nitrogens with zero attached hydrogens (tertiary/aromatic N) is 3. The molecule has 0 radical (unpaired) electrons. The molecule has 0 saturated carbocycles. The number of alkyl halides is 3. The number of aromatic nitrogens is 1. The second-order valence-electron chi connectivity index (χ2n) is 14.0. The Hall–Kier alpha value is -4.88. The molecule has 300 valence electrons. The normalized spacial score (nSPS) is 16.6. The second kappa shape index (κ2) is 21.7. The number of methoxy groups -OCH3 is 1. The van der Waals surface area contributed by atoms with Crippen molar-refractivity contribution in [1.82, 2.24) is 20.1 Å². The van der Waals surface area contributed by atoms with Crippen molar-refractivity contribution in [3.63, 3.8) is 0 Å². The van der Waals surface area contributed by atoms with Gasteiger partial charge in [0.25, 0.3) is 5.91 Å². The molecule has 3 heterocycles. The number of hydrogen-bond donors (Lipinski definition) is 3. The average Bonchev–Trinajstić information content (AvgIpc) is 3.47. The summed E-state index contributed by atoms with van der Waals surface area (Å²) in [5.74, 6) is 1.77. The SMILES string of the molecule is C.CC[C@@H]1CN(C(=O)NCC(F)(F)F)CC1C.CNc1ccc(C)cc1F.COc1ccnc(NC(C)=O)c1.Cc1ccc(C(=O)N2CC(C)(C)C2)cc1. The minimum absolute atomic E-state index is 0. The van der Waals surface area contributed by atoms with E-state index in [0.717, 1.165) is 30.6 Å². The quantitative estimate of drug-likeness (QED) is 0.217. The topological polar surface area (TPSA) is 116 Å². The van der Waals surface area contributed by atoms with Crippen LogP contribution in [0, 0.1) is 36.9 Å². The number of carbonyl (C=O) groups excluding carboxylic acids is 3. The fourth-order valence-electron chi connectivity index (χ4n) is 5.64. The highest BCUT2D eigenvalue weighted by Gasteiger charge is 2.37. The standard InChI is InChI=1S/C13H17NO.C10H17F3N2O.C8H10FN.C8H10N2O2.CH4/c1-10-4-6-11(7-5-10)12(15)14-8-13(2,3)9-14;1-3-8-5-15(4-7(8)2)9(16)14-6-10(11,12)13;1-6-3-4-8(10-2)7(9)5-6;1-6(11)10-8-5-7(12-2)3-4-9-8;/h4-7H,8-9H2,1-3H3;7-8H,3-6H2,1-2H3,(H,14,16);3-5,10H,1-2H3;3-5H,1-2H3,(H,9,10,11);1H4/t;7?,8-;;;/m.1.../s1. The first-order chi connectivity index (χ1) is 24.8. The molecule has 54 heavy (non-hydrogen) atoms. The monoisotopic (exact) mass is 762 g/mol. The van der Waals surface area contributed by atoms with E-state index in [0.29, 0.717) is 47.6 Å². The summed E-state index contributed by atoms with van der Waals surface area (Å²) in [6.07, 6.45) is -1.82. The van der Waals surface area contributed by atoms with Gasteiger partial charge in [-0.1, -0.05) is 65.3 Å². The van der Waals surface area contributed by atoms with Gasteiger partial charge in [0.1, 0.15) is 23.9 Å². The second-order valence-corrected chi connectivity index (χ2v) is 14.0. The van der Waals surface area contributed by atoms with E-state index in [1.165, 1.54) is 23.5 Å². The molecule has 3 aromatic rings. The van der Waals surface area contributed by atoms with Crippen LogP contribution in [-0.2, 0) is 4.79 Å². The van der Waals surface area contributed by atoms with E-state index < -0.39 is 18.8 Å². The molecule has 2 saturated heterocycles. The lowest BCUT2D eigenvalue weighted by molar-refractivity contribution is -0.123. The first-order valence-corrected chi connectivity index (χ1v) is 17.4. The lowest BCUT2D eigenvalue weighted by Crippen LogP contribution is -2.55. The molecule has 2 aromatic carbocycles. The molecule has 14 heteroatoms. The third-order valence-corrected chi connectivity index (χ3v) is 8.51. The molecular formula is C40H58F4N6O4. The fraction of sp³-hybridized carbons (Fsp3) is 0.500. The molecule has 2 aliphatic heterocycles. The van der Waals surface area contributed by atoms with Gasteiger partial charge in [0, 0.05) is 58.0 Å². The fourth-order valence-corrected chi connectivity index (χ4v) is 5.64. The van der Waals surface area contributed by atoms with Gasteiger partial charge in [-0.3, -0.25) is 9.59 Å². The van der Waals surface area contributed by atoms with Gasteiger partial charge in [0.15, 0.2) is 0 Å². The van der Waals surface area contributed by atoms with Gasteiger partial charge in [0.05, 0.1) is 12.8 Å². The van der Waals surface area contributed by atoms with Crippen LogP contribution in [0.4, 0.5) is 33.9 Å². The maximum Gasteiger partial charge on any atom is 0.405 e. The van der Waals surface area contributed by atoms with Crippen LogP contribution >= 0.6 is 0 Å². The maximum absolute atomic E-state index is 12.8. The predicted octanol–water partition coefficient (Wildman–Crippen LogP) is 8.57. The molecule has 4 amide bonds. The first kappa shape index (κ1) is 47.1. The zero-order valence-corrected chi connectivity index (χ0v) is 32.2. The van der Waals surface area contributed by atoms with Gasteiger partial charge in [-0.05, 0) is 67.0 Å². The highest BCUT2D eigenvalue weighted by molar-refractivity contribution is 5.94. The third-order valence-electron chi connectivity index (χ3n) is 8.51. The van der Waals surface area contributed by atoms with Crippen LogP contribution in [0.15, 0.2) is 60.8 Å². The van der Waals surface area contributed by atoms with Crippen molar-refractivity contribution in [2.24, 2.45) is 17.3 Å². The van der Waals surface area contributed by atoms with Crippen molar-refractivity contribution in [3.8, 4) is 5.75 Å². The minimum atomic E-state index is -4.34. The van der Waals surface area contributed by atoms with Gasteiger partial charge in [-0.25, -0.2) is 14.2 Å². The molecular weight excluding hydrogens is 704 g/mol. The molecule has 5 rings (SSSR count). The van der Waals surface area contributed by atoms with Gasteiger partial charge < -0.3 is 30.5 Å². The van der Waals surface area contributed by atoms with E-state index in [-0.39, 0.29) is 25.1 Å². The zero-order chi connectivity index (χ0) is 39.9. The number of halogens is 4. The van der Waals surface area contributed by atoms with E-state index in [1.54, 1.807) is 38.6 Å². The average molecular weight is 763 g/mol. The molecule has 0 aliphatic carbocycles. The smallest absolute Gasteiger partial charge is 0.405 e. The molecule has 2 atom stereocenters. The number of ether oxygens (including phenoxy) is 1. The van der Waals surface area contributed by atoms with E-state index in [1.807, 2.05) is 68.2 Å². The Bertz CT molecular complexity index is 1630. The number of pyridine rings is 1. The Kier molecular flexibility index (Phi) is 19.0. The van der Waals surface area contributed by atoms with Crippen LogP contribution in [0.3, 0.4) is 0 Å². The number of hydrogen-bond acceptors (Lipinski definition) is 6. The Morgan fingerprint density at radius 1 is 0.963 bits per heavy atom. The number of urea groups is 1. The molecule has 3 N–H and O–H groups in total. The maximum atomic E-state index is 12.8. The third kappa shape index (κ3) is 16.4. The lowest BCUT2D eigenvalue weighted by Gasteiger charge is -2.45.